The first-order valence-electron chi connectivity index (χ1n) is 9.60. The zero-order valence-corrected chi connectivity index (χ0v) is 17.8. The first-order valence-corrected chi connectivity index (χ1v) is 10.5. The topological polar surface area (TPSA) is 90.1 Å². The number of para-hydroxylation sites is 2. The van der Waals surface area contributed by atoms with Crippen molar-refractivity contribution in [2.45, 2.75) is 20.5 Å². The number of carbonyl (C=O) groups excluding carboxylic acids is 1. The highest BCUT2D eigenvalue weighted by Gasteiger charge is 2.12. The molecule has 0 radical (unpaired) electrons. The molecule has 2 aromatic heterocycles. The number of aromatic nitrogens is 3. The molecule has 7 nitrogen and oxygen atoms in total. The van der Waals surface area contributed by atoms with Crippen LogP contribution in [0.1, 0.15) is 22.2 Å². The fourth-order valence-electron chi connectivity index (χ4n) is 2.91. The normalized spacial score (nSPS) is 11.0. The molecule has 0 bridgehead atoms. The van der Waals surface area contributed by atoms with Crippen LogP contribution in [0.25, 0.3) is 17.5 Å². The molecule has 0 aliphatic rings. The van der Waals surface area contributed by atoms with Crippen LogP contribution < -0.4 is 10.1 Å². The fourth-order valence-corrected chi connectivity index (χ4v) is 3.51. The molecule has 8 heteroatoms. The van der Waals surface area contributed by atoms with Crippen molar-refractivity contribution in [3.8, 4) is 17.1 Å². The van der Waals surface area contributed by atoms with Gasteiger partial charge in [0.25, 0.3) is 0 Å². The van der Waals surface area contributed by atoms with Crippen molar-refractivity contribution in [3.63, 3.8) is 0 Å². The van der Waals surface area contributed by atoms with Crippen molar-refractivity contribution in [1.82, 2.24) is 15.1 Å². The molecule has 0 spiro atoms. The number of ether oxygens (including phenoxy) is 1. The number of carbonyl (C=O) groups is 1. The van der Waals surface area contributed by atoms with E-state index in [1.165, 1.54) is 6.08 Å². The fraction of sp³-hybridized carbons (Fsp3) is 0.130. The third-order valence-electron chi connectivity index (χ3n) is 4.33. The molecule has 0 saturated carbocycles. The molecular formula is C23H20N4O3S. The Bertz CT molecular complexity index is 1230. The molecule has 31 heavy (non-hydrogen) atoms. The Hall–Kier alpha value is -3.78. The number of benzene rings is 2. The van der Waals surface area contributed by atoms with E-state index < -0.39 is 0 Å². The summed E-state index contributed by atoms with van der Waals surface area (Å²) in [5.41, 5.74) is 2.96. The lowest BCUT2D eigenvalue weighted by atomic mass is 10.1. The van der Waals surface area contributed by atoms with Crippen molar-refractivity contribution in [3.05, 3.63) is 82.1 Å². The molecule has 0 atom stereocenters. The van der Waals surface area contributed by atoms with Crippen molar-refractivity contribution >= 4 is 29.0 Å². The Balaban J connectivity index is 1.46. The minimum Gasteiger partial charge on any atom is -0.487 e. The molecule has 0 aliphatic heterocycles. The van der Waals surface area contributed by atoms with Gasteiger partial charge in [0.2, 0.25) is 17.6 Å². The van der Waals surface area contributed by atoms with Gasteiger partial charge in [-0.15, -0.1) is 11.3 Å². The molecule has 156 valence electrons. The van der Waals surface area contributed by atoms with Gasteiger partial charge < -0.3 is 14.6 Å². The summed E-state index contributed by atoms with van der Waals surface area (Å²) in [5.74, 6) is 1.28. The molecule has 0 saturated heterocycles. The maximum Gasteiger partial charge on any atom is 0.248 e. The first kappa shape index (κ1) is 20.5. The Labute approximate surface area is 183 Å². The summed E-state index contributed by atoms with van der Waals surface area (Å²) in [6.07, 6.45) is 3.19. The number of anilines is 1. The minimum atomic E-state index is -0.280. The predicted molar refractivity (Wildman–Crippen MR) is 120 cm³/mol. The van der Waals surface area contributed by atoms with Crippen LogP contribution in [-0.2, 0) is 11.4 Å². The lowest BCUT2D eigenvalue weighted by Gasteiger charge is -2.08. The monoisotopic (exact) mass is 432 g/mol. The van der Waals surface area contributed by atoms with Crippen molar-refractivity contribution in [1.29, 1.82) is 0 Å². The van der Waals surface area contributed by atoms with Crippen LogP contribution in [0, 0.1) is 13.8 Å². The zero-order valence-electron chi connectivity index (χ0n) is 17.0. The van der Waals surface area contributed by atoms with Gasteiger partial charge in [-0.2, -0.15) is 4.98 Å². The lowest BCUT2D eigenvalue weighted by Crippen LogP contribution is -2.09. The number of hydrogen-bond donors (Lipinski definition) is 1. The average molecular weight is 433 g/mol. The van der Waals surface area contributed by atoms with Gasteiger partial charge in [0.1, 0.15) is 12.4 Å². The van der Waals surface area contributed by atoms with Crippen molar-refractivity contribution in [2.75, 3.05) is 5.32 Å². The second-order valence-electron chi connectivity index (χ2n) is 6.69. The molecule has 2 aromatic carbocycles. The number of amides is 1. The second kappa shape index (κ2) is 9.36. The molecule has 0 unspecified atom stereocenters. The van der Waals surface area contributed by atoms with E-state index in [0.717, 1.165) is 16.3 Å². The Morgan fingerprint density at radius 1 is 1.13 bits per heavy atom. The molecule has 1 N–H and O–H groups in total. The molecule has 1 amide bonds. The molecule has 0 fully saturated rings. The van der Waals surface area contributed by atoms with Gasteiger partial charge in [0, 0.05) is 29.5 Å². The number of rotatable bonds is 7. The van der Waals surface area contributed by atoms with E-state index in [9.17, 15) is 4.79 Å². The first-order chi connectivity index (χ1) is 15.1. The highest BCUT2D eigenvalue weighted by atomic mass is 32.1. The largest absolute Gasteiger partial charge is 0.487 e. The van der Waals surface area contributed by atoms with Gasteiger partial charge in [0.15, 0.2) is 0 Å². The van der Waals surface area contributed by atoms with E-state index in [1.54, 1.807) is 30.4 Å². The quantitative estimate of drug-likeness (QED) is 0.412. The van der Waals surface area contributed by atoms with E-state index in [0.29, 0.717) is 35.3 Å². The van der Waals surface area contributed by atoms with Gasteiger partial charge in [0.05, 0.1) is 16.4 Å². The molecule has 4 aromatic rings. The van der Waals surface area contributed by atoms with E-state index >= 15 is 0 Å². The highest BCUT2D eigenvalue weighted by molar-refractivity contribution is 7.09. The van der Waals surface area contributed by atoms with Gasteiger partial charge in [-0.1, -0.05) is 35.5 Å². The van der Waals surface area contributed by atoms with E-state index in [1.807, 2.05) is 54.8 Å². The molecule has 2 heterocycles. The Morgan fingerprint density at radius 3 is 2.71 bits per heavy atom. The van der Waals surface area contributed by atoms with Gasteiger partial charge in [-0.05, 0) is 31.2 Å². The summed E-state index contributed by atoms with van der Waals surface area (Å²) in [7, 11) is 0. The molecular weight excluding hydrogens is 412 g/mol. The van der Waals surface area contributed by atoms with Crippen molar-refractivity contribution in [2.24, 2.45) is 0 Å². The third kappa shape index (κ3) is 5.23. The summed E-state index contributed by atoms with van der Waals surface area (Å²) in [6.45, 7) is 4.05. The van der Waals surface area contributed by atoms with Crippen LogP contribution in [0.5, 0.6) is 5.75 Å². The summed E-state index contributed by atoms with van der Waals surface area (Å²) >= 11 is 1.59. The number of aryl methyl sites for hydroxylation is 2. The number of nitrogens with zero attached hydrogens (tertiary/aromatic N) is 3. The van der Waals surface area contributed by atoms with Gasteiger partial charge in [-0.25, -0.2) is 4.98 Å². The van der Waals surface area contributed by atoms with Crippen molar-refractivity contribution < 1.29 is 14.1 Å². The summed E-state index contributed by atoms with van der Waals surface area (Å²) in [4.78, 5) is 21.2. The summed E-state index contributed by atoms with van der Waals surface area (Å²) in [6, 6.07) is 14.8. The second-order valence-corrected chi connectivity index (χ2v) is 7.75. The predicted octanol–water partition coefficient (Wildman–Crippen LogP) is 5.04. The van der Waals surface area contributed by atoms with Gasteiger partial charge in [-0.3, -0.25) is 4.79 Å². The Morgan fingerprint density at radius 2 is 1.94 bits per heavy atom. The van der Waals surface area contributed by atoms with Crippen LogP contribution in [0.2, 0.25) is 0 Å². The van der Waals surface area contributed by atoms with Gasteiger partial charge >= 0.3 is 0 Å². The molecule has 0 aliphatic carbocycles. The lowest BCUT2D eigenvalue weighted by molar-refractivity contribution is -0.111. The third-order valence-corrected chi connectivity index (χ3v) is 5.15. The van der Waals surface area contributed by atoms with Crippen LogP contribution >= 0.6 is 11.3 Å². The number of hydrogen-bond acceptors (Lipinski definition) is 7. The van der Waals surface area contributed by atoms with Crippen LogP contribution in [0.4, 0.5) is 5.69 Å². The molecule has 4 rings (SSSR count). The van der Waals surface area contributed by atoms with Crippen LogP contribution in [-0.4, -0.2) is 21.0 Å². The Kier molecular flexibility index (Phi) is 6.18. The van der Waals surface area contributed by atoms with Crippen LogP contribution in [0.15, 0.2) is 64.5 Å². The summed E-state index contributed by atoms with van der Waals surface area (Å²) in [5, 5.41) is 9.78. The number of thiazole rings is 1. The maximum atomic E-state index is 12.6. The standard InChI is InChI=1S/C23H20N4O3S/c1-15-24-23(27-30-15)19-8-4-5-9-20(19)26-22(28)12-11-17-7-3-6-10-21(17)29-13-18-14-31-16(2)25-18/h3-12,14H,13H2,1-2H3,(H,26,28)/b12-11+. The van der Waals surface area contributed by atoms with E-state index in [4.69, 9.17) is 9.26 Å². The highest BCUT2D eigenvalue weighted by Crippen LogP contribution is 2.26. The average Bonchev–Trinajstić information content (AvgIpc) is 3.39. The van der Waals surface area contributed by atoms with E-state index in [2.05, 4.69) is 20.4 Å². The smallest absolute Gasteiger partial charge is 0.248 e. The zero-order chi connectivity index (χ0) is 21.6. The summed E-state index contributed by atoms with van der Waals surface area (Å²) < 4.78 is 10.9. The SMILES string of the molecule is Cc1nc(-c2ccccc2NC(=O)/C=C/c2ccccc2OCc2csc(C)n2)no1. The van der Waals surface area contributed by atoms with Crippen LogP contribution in [0.3, 0.4) is 0 Å². The number of nitrogens with one attached hydrogen (secondary N) is 1. The van der Waals surface area contributed by atoms with E-state index in [-0.39, 0.29) is 5.91 Å². The minimum absolute atomic E-state index is 0.280. The maximum absolute atomic E-state index is 12.6.